The second-order valence-electron chi connectivity index (χ2n) is 6.58. The van der Waals surface area contributed by atoms with Gasteiger partial charge in [-0.15, -0.1) is 0 Å². The van der Waals surface area contributed by atoms with E-state index in [1.807, 2.05) is 25.1 Å². The Morgan fingerprint density at radius 1 is 1.21 bits per heavy atom. The van der Waals surface area contributed by atoms with E-state index in [4.69, 9.17) is 9.57 Å². The van der Waals surface area contributed by atoms with Gasteiger partial charge in [0, 0.05) is 30.7 Å². The molecule has 9 heteroatoms. The Labute approximate surface area is 163 Å². The SMILES string of the molecule is COc1nc(C)ccc1-c1cc(N(OC2CCCNC2)c2cnccn2)n[nH]1. The van der Waals surface area contributed by atoms with Crippen LogP contribution in [0.25, 0.3) is 11.3 Å². The molecule has 1 aliphatic heterocycles. The van der Waals surface area contributed by atoms with Crippen molar-refractivity contribution < 1.29 is 9.57 Å². The highest BCUT2D eigenvalue weighted by molar-refractivity contribution is 5.69. The molecule has 1 fully saturated rings. The summed E-state index contributed by atoms with van der Waals surface area (Å²) in [4.78, 5) is 19.2. The predicted molar refractivity (Wildman–Crippen MR) is 104 cm³/mol. The van der Waals surface area contributed by atoms with Gasteiger partial charge in [-0.05, 0) is 38.4 Å². The standard InChI is InChI=1S/C19H23N7O2/c1-13-5-6-15(19(23-13)27-2)16-10-17(25-24-16)26(18-12-21-8-9-22-18)28-14-4-3-7-20-11-14/h5-6,8-10,12,14,20H,3-4,7,11H2,1-2H3,(H,24,25). The first kappa shape index (κ1) is 18.3. The molecule has 3 aromatic heterocycles. The van der Waals surface area contributed by atoms with Gasteiger partial charge in [0.2, 0.25) is 5.88 Å². The minimum absolute atomic E-state index is 0.0338. The summed E-state index contributed by atoms with van der Waals surface area (Å²) in [6, 6.07) is 5.78. The van der Waals surface area contributed by atoms with Crippen LogP contribution < -0.4 is 15.1 Å². The van der Waals surface area contributed by atoms with Crippen LogP contribution in [0, 0.1) is 6.92 Å². The molecule has 0 radical (unpaired) electrons. The van der Waals surface area contributed by atoms with E-state index in [1.165, 1.54) is 0 Å². The van der Waals surface area contributed by atoms with Crippen LogP contribution >= 0.6 is 0 Å². The number of methoxy groups -OCH3 is 1. The quantitative estimate of drug-likeness (QED) is 0.628. The molecular weight excluding hydrogens is 358 g/mol. The van der Waals surface area contributed by atoms with Gasteiger partial charge in [-0.3, -0.25) is 14.9 Å². The molecule has 146 valence electrons. The lowest BCUT2D eigenvalue weighted by Crippen LogP contribution is -2.39. The highest BCUT2D eigenvalue weighted by Crippen LogP contribution is 2.31. The number of nitrogens with one attached hydrogen (secondary N) is 2. The largest absolute Gasteiger partial charge is 0.480 e. The molecule has 0 aliphatic carbocycles. The Morgan fingerprint density at radius 3 is 2.89 bits per heavy atom. The molecule has 0 aromatic carbocycles. The van der Waals surface area contributed by atoms with Crippen molar-refractivity contribution in [1.82, 2.24) is 30.5 Å². The van der Waals surface area contributed by atoms with E-state index < -0.39 is 0 Å². The Balaban J connectivity index is 1.66. The monoisotopic (exact) mass is 381 g/mol. The Morgan fingerprint density at radius 2 is 2.14 bits per heavy atom. The summed E-state index contributed by atoms with van der Waals surface area (Å²) in [6.45, 7) is 3.72. The van der Waals surface area contributed by atoms with E-state index in [-0.39, 0.29) is 6.10 Å². The third-order valence-electron chi connectivity index (χ3n) is 4.52. The minimum atomic E-state index is 0.0338. The summed E-state index contributed by atoms with van der Waals surface area (Å²) in [5.41, 5.74) is 2.48. The lowest BCUT2D eigenvalue weighted by Gasteiger charge is -2.28. The Bertz CT molecular complexity index is 910. The molecule has 28 heavy (non-hydrogen) atoms. The van der Waals surface area contributed by atoms with Gasteiger partial charge in [-0.1, -0.05) is 0 Å². The Hall–Kier alpha value is -3.04. The summed E-state index contributed by atoms with van der Waals surface area (Å²) in [5, 5.41) is 12.5. The third-order valence-corrected chi connectivity index (χ3v) is 4.52. The smallest absolute Gasteiger partial charge is 0.222 e. The van der Waals surface area contributed by atoms with Gasteiger partial charge >= 0.3 is 0 Å². The second-order valence-corrected chi connectivity index (χ2v) is 6.58. The molecule has 2 N–H and O–H groups in total. The first-order valence-corrected chi connectivity index (χ1v) is 9.25. The maximum atomic E-state index is 6.23. The molecule has 9 nitrogen and oxygen atoms in total. The number of nitrogens with zero attached hydrogens (tertiary/aromatic N) is 5. The van der Waals surface area contributed by atoms with Crippen LogP contribution in [0.15, 0.2) is 36.8 Å². The number of anilines is 2. The third kappa shape index (κ3) is 3.95. The van der Waals surface area contributed by atoms with Crippen molar-refractivity contribution in [3.8, 4) is 17.1 Å². The van der Waals surface area contributed by atoms with Gasteiger partial charge < -0.3 is 10.1 Å². The van der Waals surface area contributed by atoms with E-state index >= 15 is 0 Å². The molecule has 3 aromatic rings. The highest BCUT2D eigenvalue weighted by Gasteiger charge is 2.23. The van der Waals surface area contributed by atoms with Crippen molar-refractivity contribution in [2.75, 3.05) is 25.3 Å². The maximum Gasteiger partial charge on any atom is 0.222 e. The molecular formula is C19H23N7O2. The van der Waals surface area contributed by atoms with Gasteiger partial charge in [0.1, 0.15) is 0 Å². The van der Waals surface area contributed by atoms with Crippen LogP contribution in [0.2, 0.25) is 0 Å². The Kier molecular flexibility index (Phi) is 5.45. The zero-order chi connectivity index (χ0) is 19.3. The maximum absolute atomic E-state index is 6.23. The minimum Gasteiger partial charge on any atom is -0.480 e. The van der Waals surface area contributed by atoms with Crippen LogP contribution in [-0.4, -0.2) is 51.5 Å². The lowest BCUT2D eigenvalue weighted by atomic mass is 10.1. The molecule has 0 spiro atoms. The second kappa shape index (κ2) is 8.32. The molecule has 1 aliphatic rings. The molecule has 1 atom stereocenters. The fourth-order valence-corrected chi connectivity index (χ4v) is 3.13. The van der Waals surface area contributed by atoms with E-state index in [0.29, 0.717) is 17.5 Å². The summed E-state index contributed by atoms with van der Waals surface area (Å²) >= 11 is 0. The molecule has 0 bridgehead atoms. The van der Waals surface area contributed by atoms with E-state index in [1.54, 1.807) is 30.8 Å². The molecule has 4 heterocycles. The average molecular weight is 381 g/mol. The van der Waals surface area contributed by atoms with Gasteiger partial charge in [0.15, 0.2) is 11.6 Å². The summed E-state index contributed by atoms with van der Waals surface area (Å²) in [7, 11) is 1.60. The van der Waals surface area contributed by atoms with Gasteiger partial charge in [-0.25, -0.2) is 9.97 Å². The topological polar surface area (TPSA) is 101 Å². The number of pyridine rings is 1. The summed E-state index contributed by atoms with van der Waals surface area (Å²) in [6.07, 6.45) is 6.98. The number of aromatic nitrogens is 5. The molecule has 4 rings (SSSR count). The van der Waals surface area contributed by atoms with Gasteiger partial charge in [0.25, 0.3) is 0 Å². The van der Waals surface area contributed by atoms with Crippen molar-refractivity contribution in [1.29, 1.82) is 0 Å². The summed E-state index contributed by atoms with van der Waals surface area (Å²) in [5.74, 6) is 1.70. The average Bonchev–Trinajstić information content (AvgIpc) is 3.23. The predicted octanol–water partition coefficient (Wildman–Crippen LogP) is 2.40. The summed E-state index contributed by atoms with van der Waals surface area (Å²) < 4.78 is 5.42. The van der Waals surface area contributed by atoms with Crippen LogP contribution in [0.1, 0.15) is 18.5 Å². The fraction of sp³-hybridized carbons (Fsp3) is 0.368. The normalized spacial score (nSPS) is 16.7. The van der Waals surface area contributed by atoms with Crippen molar-refractivity contribution >= 4 is 11.6 Å². The number of aryl methyl sites for hydroxylation is 1. The van der Waals surface area contributed by atoms with Crippen molar-refractivity contribution in [2.45, 2.75) is 25.9 Å². The van der Waals surface area contributed by atoms with E-state index in [0.717, 1.165) is 42.9 Å². The number of rotatable bonds is 6. The number of ether oxygens (including phenoxy) is 1. The van der Waals surface area contributed by atoms with E-state index in [2.05, 4.69) is 30.5 Å². The molecule has 1 unspecified atom stereocenters. The van der Waals surface area contributed by atoms with Crippen molar-refractivity contribution in [3.63, 3.8) is 0 Å². The van der Waals surface area contributed by atoms with E-state index in [9.17, 15) is 0 Å². The van der Waals surface area contributed by atoms with Crippen LogP contribution in [-0.2, 0) is 4.84 Å². The lowest BCUT2D eigenvalue weighted by molar-refractivity contribution is 0.0347. The van der Waals surface area contributed by atoms with Gasteiger partial charge in [0.05, 0.1) is 30.7 Å². The van der Waals surface area contributed by atoms with Gasteiger partial charge in [-0.2, -0.15) is 10.2 Å². The number of H-pyrrole nitrogens is 1. The fourth-order valence-electron chi connectivity index (χ4n) is 3.13. The number of hydrogen-bond donors (Lipinski definition) is 2. The zero-order valence-electron chi connectivity index (χ0n) is 15.9. The zero-order valence-corrected chi connectivity index (χ0v) is 15.9. The van der Waals surface area contributed by atoms with Crippen molar-refractivity contribution in [2.24, 2.45) is 0 Å². The first-order chi connectivity index (χ1) is 13.7. The number of aromatic amines is 1. The number of piperidine rings is 1. The number of hydrogen-bond acceptors (Lipinski definition) is 8. The molecule has 0 amide bonds. The van der Waals surface area contributed by atoms with Crippen LogP contribution in [0.4, 0.5) is 11.6 Å². The van der Waals surface area contributed by atoms with Crippen LogP contribution in [0.5, 0.6) is 5.88 Å². The highest BCUT2D eigenvalue weighted by atomic mass is 16.7. The molecule has 0 saturated carbocycles. The first-order valence-electron chi connectivity index (χ1n) is 9.25. The van der Waals surface area contributed by atoms with Crippen molar-refractivity contribution in [3.05, 3.63) is 42.5 Å². The van der Waals surface area contributed by atoms with Crippen LogP contribution in [0.3, 0.4) is 0 Å². The molecule has 1 saturated heterocycles.